The van der Waals surface area contributed by atoms with Gasteiger partial charge in [-0.1, -0.05) is 5.87 Å². The van der Waals surface area contributed by atoms with Gasteiger partial charge in [0.25, 0.3) is 0 Å². The Labute approximate surface area is 89.1 Å². The highest BCUT2D eigenvalue weighted by atomic mass is 32.2. The predicted molar refractivity (Wildman–Crippen MR) is 58.3 cm³/mol. The Hall–Kier alpha value is -1.56. The van der Waals surface area contributed by atoms with Gasteiger partial charge in [0.15, 0.2) is 0 Å². The molecule has 1 aliphatic heterocycles. The van der Waals surface area contributed by atoms with E-state index in [0.29, 0.717) is 0 Å². The summed E-state index contributed by atoms with van der Waals surface area (Å²) in [5.74, 6) is 1.74. The van der Waals surface area contributed by atoms with Gasteiger partial charge in [-0.2, -0.15) is 0 Å². The van der Waals surface area contributed by atoms with Crippen LogP contribution in [0.15, 0.2) is 21.6 Å². The molecular weight excluding hydrogens is 218 g/mol. The number of carboxylic acid groups (broad SMARTS) is 1. The molecule has 1 aliphatic rings. The fourth-order valence-electron chi connectivity index (χ4n) is 1.10. The van der Waals surface area contributed by atoms with Crippen LogP contribution < -0.4 is 5.73 Å². The average Bonchev–Trinajstić information content (AvgIpc) is 2.44. The summed E-state index contributed by atoms with van der Waals surface area (Å²) in [6.07, 6.45) is 0. The maximum absolute atomic E-state index is 11.4. The molecule has 0 fully saturated rings. The minimum absolute atomic E-state index is 0.0670. The number of carbonyl (C=O) groups is 2. The fraction of sp³-hybridized carbons (Fsp3) is 0.222. The molecule has 0 bridgehead atoms. The van der Waals surface area contributed by atoms with E-state index in [0.717, 1.165) is 0 Å². The summed E-state index contributed by atoms with van der Waals surface area (Å²) in [5, 5.41) is 10.4. The average molecular weight is 229 g/mol. The minimum Gasteiger partial charge on any atom is -0.478 e. The second-order valence-corrected chi connectivity index (χ2v) is 4.26. The van der Waals surface area contributed by atoms with Crippen molar-refractivity contribution < 1.29 is 19.4 Å². The molecule has 3 N–H and O–H groups in total. The van der Waals surface area contributed by atoms with E-state index in [1.54, 1.807) is 6.92 Å². The van der Waals surface area contributed by atoms with E-state index >= 15 is 0 Å². The van der Waals surface area contributed by atoms with Gasteiger partial charge in [-0.15, -0.1) is 10.5 Å². The molecule has 1 atom stereocenters. The van der Waals surface area contributed by atoms with Crippen LogP contribution in [0.1, 0.15) is 6.92 Å². The standard InChI is InChI=1S/C9H11NO4S/c1-3-14-9(13)6-5(8(11)12)4-15(2)7(6)10/h4H,2-3,10H2,1H3,(H,11,12). The third-order valence-electron chi connectivity index (χ3n) is 1.77. The topological polar surface area (TPSA) is 89.6 Å². The third kappa shape index (κ3) is 2.10. The van der Waals surface area contributed by atoms with E-state index in [2.05, 4.69) is 5.87 Å². The minimum atomic E-state index is -1.19. The molecule has 0 radical (unpaired) electrons. The van der Waals surface area contributed by atoms with E-state index in [9.17, 15) is 9.59 Å². The van der Waals surface area contributed by atoms with Crippen LogP contribution in [0.3, 0.4) is 0 Å². The number of hydrogen-bond donors (Lipinski definition) is 2. The Bertz CT molecular complexity index is 408. The highest BCUT2D eigenvalue weighted by Crippen LogP contribution is 2.36. The molecule has 0 aromatic heterocycles. The highest BCUT2D eigenvalue weighted by molar-refractivity contribution is 8.20. The van der Waals surface area contributed by atoms with Crippen molar-refractivity contribution in [1.82, 2.24) is 0 Å². The summed E-state index contributed by atoms with van der Waals surface area (Å²) in [7, 11) is -0.759. The third-order valence-corrected chi connectivity index (χ3v) is 3.06. The lowest BCUT2D eigenvalue weighted by Gasteiger charge is -2.05. The smallest absolute Gasteiger partial charge is 0.341 e. The number of aliphatic carboxylic acids is 1. The molecule has 0 aromatic carbocycles. The van der Waals surface area contributed by atoms with Crippen LogP contribution in [0, 0.1) is 0 Å². The van der Waals surface area contributed by atoms with Crippen LogP contribution in [-0.2, 0) is 14.3 Å². The van der Waals surface area contributed by atoms with Gasteiger partial charge >= 0.3 is 11.9 Å². The predicted octanol–water partition coefficient (Wildman–Crippen LogP) is 0.403. The second-order valence-electron chi connectivity index (χ2n) is 2.73. The maximum atomic E-state index is 11.4. The van der Waals surface area contributed by atoms with E-state index in [1.165, 1.54) is 5.41 Å². The van der Waals surface area contributed by atoms with Crippen LogP contribution in [-0.4, -0.2) is 29.5 Å². The zero-order chi connectivity index (χ0) is 11.6. The van der Waals surface area contributed by atoms with Gasteiger partial charge in [-0.25, -0.2) is 9.59 Å². The number of carbonyl (C=O) groups excluding carboxylic acids is 1. The summed E-state index contributed by atoms with van der Waals surface area (Å²) in [5.41, 5.74) is 5.41. The first kappa shape index (κ1) is 11.5. The Morgan fingerprint density at radius 2 is 2.27 bits per heavy atom. The normalized spacial score (nSPS) is 20.1. The van der Waals surface area contributed by atoms with Crippen LogP contribution >= 0.6 is 10.5 Å². The van der Waals surface area contributed by atoms with E-state index in [4.69, 9.17) is 15.6 Å². The van der Waals surface area contributed by atoms with Crippen molar-refractivity contribution in [3.63, 3.8) is 0 Å². The quantitative estimate of drug-likeness (QED) is 0.540. The molecule has 0 aliphatic carbocycles. The number of ether oxygens (including phenoxy) is 1. The van der Waals surface area contributed by atoms with Crippen molar-refractivity contribution in [3.8, 4) is 0 Å². The fourth-order valence-corrected chi connectivity index (χ4v) is 2.19. The van der Waals surface area contributed by atoms with Crippen LogP contribution in [0.5, 0.6) is 0 Å². The van der Waals surface area contributed by atoms with Crippen LogP contribution in [0.2, 0.25) is 0 Å². The van der Waals surface area contributed by atoms with Crippen molar-refractivity contribution in [1.29, 1.82) is 0 Å². The zero-order valence-electron chi connectivity index (χ0n) is 8.15. The summed E-state index contributed by atoms with van der Waals surface area (Å²) >= 11 is 0. The van der Waals surface area contributed by atoms with E-state index < -0.39 is 22.4 Å². The van der Waals surface area contributed by atoms with Gasteiger partial charge in [0.2, 0.25) is 0 Å². The van der Waals surface area contributed by atoms with Crippen LogP contribution in [0.4, 0.5) is 0 Å². The molecule has 1 rings (SSSR count). The summed E-state index contributed by atoms with van der Waals surface area (Å²) in [6, 6.07) is 0. The Morgan fingerprint density at radius 3 is 2.73 bits per heavy atom. The van der Waals surface area contributed by atoms with E-state index in [1.807, 2.05) is 0 Å². The van der Waals surface area contributed by atoms with Gasteiger partial charge < -0.3 is 15.6 Å². The lowest BCUT2D eigenvalue weighted by molar-refractivity contribution is -0.140. The number of carboxylic acids is 1. The van der Waals surface area contributed by atoms with Crippen molar-refractivity contribution in [2.24, 2.45) is 5.73 Å². The number of esters is 1. The SMILES string of the molecule is C=S1C=C(C(=O)O)C(C(=O)OCC)=C1N. The van der Waals surface area contributed by atoms with Gasteiger partial charge in [0.05, 0.1) is 17.2 Å². The molecule has 1 unspecified atom stereocenters. The molecule has 1 heterocycles. The number of rotatable bonds is 3. The Morgan fingerprint density at radius 1 is 1.67 bits per heavy atom. The molecule has 0 amide bonds. The van der Waals surface area contributed by atoms with Gasteiger partial charge in [0.1, 0.15) is 5.57 Å². The first-order chi connectivity index (χ1) is 6.99. The molecule has 0 aromatic rings. The van der Waals surface area contributed by atoms with Gasteiger partial charge in [-0.3, -0.25) is 0 Å². The molecule has 5 nitrogen and oxygen atoms in total. The highest BCUT2D eigenvalue weighted by Gasteiger charge is 2.29. The van der Waals surface area contributed by atoms with Gasteiger partial charge in [-0.05, 0) is 12.3 Å². The molecule has 15 heavy (non-hydrogen) atoms. The molecule has 0 saturated carbocycles. The maximum Gasteiger partial charge on any atom is 0.341 e. The largest absolute Gasteiger partial charge is 0.478 e. The van der Waals surface area contributed by atoms with Crippen molar-refractivity contribution in [2.45, 2.75) is 6.92 Å². The first-order valence-corrected chi connectivity index (χ1v) is 5.59. The monoisotopic (exact) mass is 229 g/mol. The molecule has 0 spiro atoms. The summed E-state index contributed by atoms with van der Waals surface area (Å²) < 4.78 is 4.72. The number of nitrogens with two attached hydrogens (primary N) is 1. The summed E-state index contributed by atoms with van der Waals surface area (Å²) in [6.45, 7) is 1.81. The summed E-state index contributed by atoms with van der Waals surface area (Å²) in [4.78, 5) is 22.3. The molecule has 82 valence electrons. The molecule has 0 saturated heterocycles. The van der Waals surface area contributed by atoms with Crippen molar-refractivity contribution in [3.05, 3.63) is 21.6 Å². The van der Waals surface area contributed by atoms with Crippen molar-refractivity contribution in [2.75, 3.05) is 6.61 Å². The Balaban J connectivity index is 3.13. The Kier molecular flexibility index (Phi) is 3.31. The first-order valence-electron chi connectivity index (χ1n) is 4.14. The molecule has 6 heteroatoms. The lowest BCUT2D eigenvalue weighted by atomic mass is 10.1. The zero-order valence-corrected chi connectivity index (χ0v) is 8.97. The number of hydrogen-bond acceptors (Lipinski definition) is 4. The lowest BCUT2D eigenvalue weighted by Crippen LogP contribution is -2.16. The van der Waals surface area contributed by atoms with Crippen molar-refractivity contribution >= 4 is 28.3 Å². The molecular formula is C9H11NO4S. The van der Waals surface area contributed by atoms with Crippen LogP contribution in [0.25, 0.3) is 0 Å². The van der Waals surface area contributed by atoms with Gasteiger partial charge in [0, 0.05) is 0 Å². The van der Waals surface area contributed by atoms with E-state index in [-0.39, 0.29) is 22.8 Å². The second kappa shape index (κ2) is 4.31.